The van der Waals surface area contributed by atoms with Crippen molar-refractivity contribution >= 4 is 17.0 Å². The molecular weight excluding hydrogens is 272 g/mol. The number of nitrogens with zero attached hydrogens (tertiary/aromatic N) is 3. The van der Waals surface area contributed by atoms with E-state index in [0.717, 1.165) is 16.4 Å². The van der Waals surface area contributed by atoms with Crippen molar-refractivity contribution in [1.29, 1.82) is 0 Å². The molecule has 1 N–H and O–H groups in total. The van der Waals surface area contributed by atoms with Crippen LogP contribution in [0.1, 0.15) is 16.4 Å². The second-order valence-electron chi connectivity index (χ2n) is 4.50. The number of aryl methyl sites for hydroxylation is 1. The van der Waals surface area contributed by atoms with E-state index in [1.54, 1.807) is 23.6 Å². The predicted octanol–water partition coefficient (Wildman–Crippen LogP) is 1.75. The molecule has 5 nitrogen and oxygen atoms in total. The molecule has 3 rings (SSSR count). The largest absolute Gasteiger partial charge is 0.305 e. The third kappa shape index (κ3) is 2.76. The molecule has 0 aromatic carbocycles. The highest BCUT2D eigenvalue weighted by Crippen LogP contribution is 2.08. The van der Waals surface area contributed by atoms with Crippen LogP contribution in [-0.2, 0) is 13.1 Å². The molecule has 0 fully saturated rings. The molecule has 3 heterocycles. The summed E-state index contributed by atoms with van der Waals surface area (Å²) in [6.07, 6.45) is 1.72. The zero-order valence-corrected chi connectivity index (χ0v) is 11.9. The molecule has 0 saturated heterocycles. The number of rotatable bonds is 4. The van der Waals surface area contributed by atoms with Gasteiger partial charge in [-0.05, 0) is 19.1 Å². The zero-order chi connectivity index (χ0) is 13.9. The molecule has 102 valence electrons. The molecule has 0 unspecified atom stereocenters. The Hall–Kier alpha value is -2.05. The van der Waals surface area contributed by atoms with E-state index < -0.39 is 0 Å². The highest BCUT2D eigenvalue weighted by molar-refractivity contribution is 7.09. The first-order chi connectivity index (χ1) is 9.72. The van der Waals surface area contributed by atoms with Gasteiger partial charge in [-0.3, -0.25) is 9.20 Å². The van der Waals surface area contributed by atoms with Crippen LogP contribution in [0.5, 0.6) is 0 Å². The third-order valence-corrected chi connectivity index (χ3v) is 3.84. The highest BCUT2D eigenvalue weighted by Gasteiger charge is 2.02. The van der Waals surface area contributed by atoms with Gasteiger partial charge in [-0.2, -0.15) is 0 Å². The minimum absolute atomic E-state index is 0.0579. The average molecular weight is 286 g/mol. The van der Waals surface area contributed by atoms with Crippen LogP contribution in [-0.4, -0.2) is 14.4 Å². The number of thiazole rings is 1. The Balaban J connectivity index is 1.73. The number of aromatic nitrogens is 3. The highest BCUT2D eigenvalue weighted by atomic mass is 32.1. The van der Waals surface area contributed by atoms with Crippen molar-refractivity contribution in [2.45, 2.75) is 20.0 Å². The summed E-state index contributed by atoms with van der Waals surface area (Å²) in [5.41, 5.74) is 2.39. The van der Waals surface area contributed by atoms with E-state index in [9.17, 15) is 4.79 Å². The first-order valence-corrected chi connectivity index (χ1v) is 7.19. The topological polar surface area (TPSA) is 59.3 Å². The van der Waals surface area contributed by atoms with Crippen molar-refractivity contribution in [3.05, 3.63) is 62.6 Å². The second kappa shape index (κ2) is 5.52. The number of hydrogen-bond acceptors (Lipinski definition) is 5. The van der Waals surface area contributed by atoms with Gasteiger partial charge in [0.15, 0.2) is 0 Å². The van der Waals surface area contributed by atoms with Crippen LogP contribution in [0.25, 0.3) is 5.65 Å². The van der Waals surface area contributed by atoms with Gasteiger partial charge in [0.05, 0.1) is 5.69 Å². The molecule has 0 amide bonds. The first kappa shape index (κ1) is 13.0. The fourth-order valence-electron chi connectivity index (χ4n) is 1.97. The SMILES string of the molecule is Cc1csc(CNCc2cc(=O)n3ccccc3n2)n1. The quantitative estimate of drug-likeness (QED) is 0.794. The number of hydrogen-bond donors (Lipinski definition) is 1. The van der Waals surface area contributed by atoms with Crippen LogP contribution in [0, 0.1) is 6.92 Å². The Bertz CT molecular complexity index is 793. The fraction of sp³-hybridized carbons (Fsp3) is 0.214. The van der Waals surface area contributed by atoms with Crippen LogP contribution in [0.3, 0.4) is 0 Å². The maximum atomic E-state index is 11.9. The monoisotopic (exact) mass is 286 g/mol. The van der Waals surface area contributed by atoms with Gasteiger partial charge in [0.1, 0.15) is 10.7 Å². The Morgan fingerprint density at radius 1 is 1.30 bits per heavy atom. The van der Waals surface area contributed by atoms with E-state index in [2.05, 4.69) is 15.3 Å². The van der Waals surface area contributed by atoms with E-state index >= 15 is 0 Å². The summed E-state index contributed by atoms with van der Waals surface area (Å²) < 4.78 is 1.54. The summed E-state index contributed by atoms with van der Waals surface area (Å²) in [7, 11) is 0. The van der Waals surface area contributed by atoms with Crippen molar-refractivity contribution in [1.82, 2.24) is 19.7 Å². The van der Waals surface area contributed by atoms with Gasteiger partial charge in [0.25, 0.3) is 5.56 Å². The number of fused-ring (bicyclic) bond motifs is 1. The van der Waals surface area contributed by atoms with Crippen LogP contribution < -0.4 is 10.9 Å². The Morgan fingerprint density at radius 3 is 3.00 bits per heavy atom. The van der Waals surface area contributed by atoms with Crippen molar-refractivity contribution in [2.75, 3.05) is 0 Å². The van der Waals surface area contributed by atoms with E-state index in [0.29, 0.717) is 18.7 Å². The molecule has 0 aliphatic heterocycles. The molecule has 3 aromatic heterocycles. The summed E-state index contributed by atoms with van der Waals surface area (Å²) in [6.45, 7) is 3.22. The minimum atomic E-state index is -0.0579. The zero-order valence-electron chi connectivity index (χ0n) is 11.0. The van der Waals surface area contributed by atoms with E-state index in [-0.39, 0.29) is 5.56 Å². The van der Waals surface area contributed by atoms with Crippen LogP contribution in [0.4, 0.5) is 0 Å². The number of pyridine rings is 1. The van der Waals surface area contributed by atoms with Crippen LogP contribution in [0.15, 0.2) is 40.6 Å². The molecule has 20 heavy (non-hydrogen) atoms. The van der Waals surface area contributed by atoms with Gasteiger partial charge < -0.3 is 5.32 Å². The van der Waals surface area contributed by atoms with Gasteiger partial charge in [-0.1, -0.05) is 6.07 Å². The maximum Gasteiger partial charge on any atom is 0.258 e. The lowest BCUT2D eigenvalue weighted by molar-refractivity contribution is 0.674. The molecule has 0 saturated carbocycles. The molecular formula is C14H14N4OS. The molecule has 0 aliphatic rings. The van der Waals surface area contributed by atoms with Gasteiger partial charge >= 0.3 is 0 Å². The van der Waals surface area contributed by atoms with E-state index in [1.807, 2.05) is 30.5 Å². The lowest BCUT2D eigenvalue weighted by atomic mass is 10.3. The smallest absolute Gasteiger partial charge is 0.258 e. The van der Waals surface area contributed by atoms with Crippen LogP contribution in [0.2, 0.25) is 0 Å². The normalized spacial score (nSPS) is 11.1. The lowest BCUT2D eigenvalue weighted by Gasteiger charge is -2.04. The summed E-state index contributed by atoms with van der Waals surface area (Å²) in [5.74, 6) is 0. The van der Waals surface area contributed by atoms with Gasteiger partial charge in [-0.25, -0.2) is 9.97 Å². The van der Waals surface area contributed by atoms with E-state index in [1.165, 1.54) is 4.40 Å². The van der Waals surface area contributed by atoms with Crippen molar-refractivity contribution in [3.63, 3.8) is 0 Å². The summed E-state index contributed by atoms with van der Waals surface area (Å²) in [4.78, 5) is 20.8. The first-order valence-electron chi connectivity index (χ1n) is 6.31. The van der Waals surface area contributed by atoms with Gasteiger partial charge in [-0.15, -0.1) is 11.3 Å². The fourth-order valence-corrected chi connectivity index (χ4v) is 2.72. The molecule has 0 aliphatic carbocycles. The second-order valence-corrected chi connectivity index (χ2v) is 5.44. The molecule has 6 heteroatoms. The summed E-state index contributed by atoms with van der Waals surface area (Å²) in [6, 6.07) is 7.08. The lowest BCUT2D eigenvalue weighted by Crippen LogP contribution is -2.19. The number of nitrogens with one attached hydrogen (secondary N) is 1. The summed E-state index contributed by atoms with van der Waals surface area (Å²) >= 11 is 1.63. The predicted molar refractivity (Wildman–Crippen MR) is 78.9 cm³/mol. The van der Waals surface area contributed by atoms with Gasteiger partial charge in [0.2, 0.25) is 0 Å². The van der Waals surface area contributed by atoms with Crippen molar-refractivity contribution < 1.29 is 0 Å². The van der Waals surface area contributed by atoms with Gasteiger partial charge in [0, 0.05) is 36.4 Å². The molecule has 0 radical (unpaired) electrons. The standard InChI is InChI=1S/C14H14N4OS/c1-10-9-20-13(16-10)8-15-7-11-6-14(19)18-5-3-2-4-12(18)17-11/h2-6,9,15H,7-8H2,1H3. The van der Waals surface area contributed by atoms with Crippen LogP contribution >= 0.6 is 11.3 Å². The molecule has 3 aromatic rings. The Labute approximate surface area is 120 Å². The maximum absolute atomic E-state index is 11.9. The third-order valence-electron chi connectivity index (χ3n) is 2.87. The summed E-state index contributed by atoms with van der Waals surface area (Å²) in [5, 5.41) is 6.33. The molecule has 0 atom stereocenters. The van der Waals surface area contributed by atoms with Crippen molar-refractivity contribution in [2.24, 2.45) is 0 Å². The minimum Gasteiger partial charge on any atom is -0.305 e. The molecule has 0 spiro atoms. The average Bonchev–Trinajstić information content (AvgIpc) is 2.85. The van der Waals surface area contributed by atoms with E-state index in [4.69, 9.17) is 0 Å². The Kier molecular flexibility index (Phi) is 3.58. The van der Waals surface area contributed by atoms with Crippen molar-refractivity contribution in [3.8, 4) is 0 Å². The molecule has 0 bridgehead atoms. The Morgan fingerprint density at radius 2 is 2.20 bits per heavy atom.